The first-order valence-electron chi connectivity index (χ1n) is 4.04. The smallest absolute Gasteiger partial charge is 0.335 e. The second-order valence-corrected chi connectivity index (χ2v) is 3.30. The van der Waals surface area contributed by atoms with Crippen LogP contribution in [-0.2, 0) is 4.79 Å². The fourth-order valence-corrected chi connectivity index (χ4v) is 1.10. The molecular weight excluding hydrogens is 214 g/mol. The minimum Gasteiger partial charge on any atom is -0.478 e. The maximum Gasteiger partial charge on any atom is 0.335 e. The van der Waals surface area contributed by atoms with E-state index in [4.69, 9.17) is 10.8 Å². The number of benzene rings is 1. The first kappa shape index (κ1) is 11.3. The molecule has 1 aromatic rings. The van der Waals surface area contributed by atoms with Crippen molar-refractivity contribution in [2.45, 2.75) is 0 Å². The van der Waals surface area contributed by atoms with Gasteiger partial charge in [-0.2, -0.15) is 0 Å². The van der Waals surface area contributed by atoms with E-state index in [0.29, 0.717) is 5.56 Å². The summed E-state index contributed by atoms with van der Waals surface area (Å²) in [5, 5.41) is 8.64. The molecule has 78 valence electrons. The van der Waals surface area contributed by atoms with Crippen molar-refractivity contribution in [2.75, 3.05) is 0 Å². The molecule has 0 aliphatic heterocycles. The quantitative estimate of drug-likeness (QED) is 0.531. The van der Waals surface area contributed by atoms with Gasteiger partial charge < -0.3 is 10.8 Å². The van der Waals surface area contributed by atoms with Crippen LogP contribution in [0.5, 0.6) is 0 Å². The fraction of sp³-hybridized carbons (Fsp3) is 0. The number of carbonyl (C=O) groups excluding carboxylic acids is 1. The molecule has 0 spiro atoms. The van der Waals surface area contributed by atoms with Gasteiger partial charge in [0.05, 0.1) is 10.5 Å². The Labute approximate surface area is 91.8 Å². The molecule has 3 N–H and O–H groups in total. The third-order valence-corrected chi connectivity index (χ3v) is 2.06. The molecule has 1 rings (SSSR count). The molecule has 0 unspecified atom stereocenters. The van der Waals surface area contributed by atoms with E-state index >= 15 is 0 Å². The first-order chi connectivity index (χ1) is 7.00. The van der Waals surface area contributed by atoms with Crippen molar-refractivity contribution in [3.05, 3.63) is 40.3 Å². The highest BCUT2D eigenvalue weighted by Gasteiger charge is 2.02. The number of amides is 1. The molecule has 5 heteroatoms. The Kier molecular flexibility index (Phi) is 3.51. The van der Waals surface area contributed by atoms with E-state index in [0.717, 1.165) is 0 Å². The van der Waals surface area contributed by atoms with Gasteiger partial charge >= 0.3 is 5.97 Å². The van der Waals surface area contributed by atoms with Gasteiger partial charge in [0.2, 0.25) is 0 Å². The van der Waals surface area contributed by atoms with Crippen LogP contribution in [0.15, 0.2) is 29.2 Å². The van der Waals surface area contributed by atoms with E-state index in [1.165, 1.54) is 18.2 Å². The highest BCUT2D eigenvalue weighted by atomic mass is 32.1. The van der Waals surface area contributed by atoms with Crippen molar-refractivity contribution < 1.29 is 14.7 Å². The van der Waals surface area contributed by atoms with Crippen LogP contribution in [0.1, 0.15) is 15.9 Å². The molecule has 0 bridgehead atoms. The summed E-state index contributed by atoms with van der Waals surface area (Å²) in [5.74, 6) is -1.62. The van der Waals surface area contributed by atoms with Gasteiger partial charge in [0.25, 0.3) is 5.91 Å². The predicted molar refractivity (Wildman–Crippen MR) is 59.6 cm³/mol. The van der Waals surface area contributed by atoms with Crippen molar-refractivity contribution in [1.29, 1.82) is 0 Å². The number of rotatable bonds is 3. The zero-order valence-electron chi connectivity index (χ0n) is 7.68. The number of aromatic carboxylic acids is 1. The number of nitrogens with two attached hydrogens (primary N) is 1. The fourth-order valence-electron chi connectivity index (χ4n) is 0.951. The highest BCUT2D eigenvalue weighted by Crippen LogP contribution is 2.10. The molecule has 0 aliphatic rings. The summed E-state index contributed by atoms with van der Waals surface area (Å²) in [6.45, 7) is 0. The normalized spacial score (nSPS) is 11.1. The van der Waals surface area contributed by atoms with Crippen LogP contribution >= 0.6 is 12.6 Å². The Hall–Kier alpha value is -1.75. The third kappa shape index (κ3) is 3.14. The number of hydrogen-bond acceptors (Lipinski definition) is 3. The van der Waals surface area contributed by atoms with E-state index in [-0.39, 0.29) is 10.5 Å². The molecule has 0 atom stereocenters. The zero-order valence-corrected chi connectivity index (χ0v) is 8.57. The van der Waals surface area contributed by atoms with Crippen LogP contribution in [0.25, 0.3) is 6.08 Å². The van der Waals surface area contributed by atoms with E-state index in [2.05, 4.69) is 12.6 Å². The molecule has 0 aromatic heterocycles. The Morgan fingerprint density at radius 2 is 1.80 bits per heavy atom. The zero-order chi connectivity index (χ0) is 11.4. The molecule has 0 radical (unpaired) electrons. The summed E-state index contributed by atoms with van der Waals surface area (Å²) in [4.78, 5) is 21.3. The van der Waals surface area contributed by atoms with Crippen LogP contribution in [0.3, 0.4) is 0 Å². The van der Waals surface area contributed by atoms with E-state index in [1.807, 2.05) is 0 Å². The lowest BCUT2D eigenvalue weighted by atomic mass is 10.1. The largest absolute Gasteiger partial charge is 0.478 e. The Balaban J connectivity index is 2.95. The minimum absolute atomic E-state index is 0.123. The molecular formula is C10H9NO3S. The molecule has 0 saturated carbocycles. The molecule has 0 fully saturated rings. The van der Waals surface area contributed by atoms with Crippen molar-refractivity contribution in [1.82, 2.24) is 0 Å². The van der Waals surface area contributed by atoms with Gasteiger partial charge in [-0.1, -0.05) is 12.1 Å². The summed E-state index contributed by atoms with van der Waals surface area (Å²) < 4.78 is 0. The van der Waals surface area contributed by atoms with Crippen LogP contribution in [0.2, 0.25) is 0 Å². The van der Waals surface area contributed by atoms with Crippen LogP contribution < -0.4 is 5.73 Å². The number of thiol groups is 1. The average Bonchev–Trinajstić information content (AvgIpc) is 2.18. The van der Waals surface area contributed by atoms with Gasteiger partial charge in [0.1, 0.15) is 0 Å². The van der Waals surface area contributed by atoms with Gasteiger partial charge in [-0.3, -0.25) is 4.79 Å². The summed E-state index contributed by atoms with van der Waals surface area (Å²) >= 11 is 3.87. The minimum atomic E-state index is -0.994. The summed E-state index contributed by atoms with van der Waals surface area (Å²) in [5.41, 5.74) is 5.84. The lowest BCUT2D eigenvalue weighted by molar-refractivity contribution is -0.113. The average molecular weight is 223 g/mol. The first-order valence-corrected chi connectivity index (χ1v) is 4.49. The Morgan fingerprint density at radius 1 is 1.27 bits per heavy atom. The number of carboxylic acid groups (broad SMARTS) is 1. The van der Waals surface area contributed by atoms with E-state index in [9.17, 15) is 9.59 Å². The van der Waals surface area contributed by atoms with Gasteiger partial charge in [-0.15, -0.1) is 12.6 Å². The SMILES string of the molecule is NC(=O)/C(S)=C/c1ccc(C(=O)O)cc1. The lowest BCUT2D eigenvalue weighted by Crippen LogP contribution is -2.09. The Morgan fingerprint density at radius 3 is 2.20 bits per heavy atom. The van der Waals surface area contributed by atoms with E-state index < -0.39 is 11.9 Å². The number of primary amides is 1. The number of hydrogen-bond donors (Lipinski definition) is 3. The Bertz CT molecular complexity index is 423. The summed E-state index contributed by atoms with van der Waals surface area (Å²) in [6.07, 6.45) is 1.47. The van der Waals surface area contributed by atoms with Crippen LogP contribution in [0, 0.1) is 0 Å². The molecule has 4 nitrogen and oxygen atoms in total. The monoisotopic (exact) mass is 223 g/mol. The van der Waals surface area contributed by atoms with Crippen molar-refractivity contribution >= 4 is 30.6 Å². The molecule has 15 heavy (non-hydrogen) atoms. The van der Waals surface area contributed by atoms with Crippen LogP contribution in [-0.4, -0.2) is 17.0 Å². The summed E-state index contributed by atoms with van der Waals surface area (Å²) in [6, 6.07) is 6.03. The number of carboxylic acids is 1. The maximum atomic E-state index is 10.7. The molecule has 1 aromatic carbocycles. The third-order valence-electron chi connectivity index (χ3n) is 1.71. The molecule has 0 heterocycles. The van der Waals surface area contributed by atoms with Gasteiger partial charge in [0, 0.05) is 0 Å². The van der Waals surface area contributed by atoms with Gasteiger partial charge in [0.15, 0.2) is 0 Å². The van der Waals surface area contributed by atoms with E-state index in [1.54, 1.807) is 12.1 Å². The highest BCUT2D eigenvalue weighted by molar-refractivity contribution is 7.85. The molecule has 0 saturated heterocycles. The maximum absolute atomic E-state index is 10.7. The van der Waals surface area contributed by atoms with Gasteiger partial charge in [-0.05, 0) is 23.8 Å². The van der Waals surface area contributed by atoms with Crippen molar-refractivity contribution in [3.8, 4) is 0 Å². The second-order valence-electron chi connectivity index (χ2n) is 2.82. The van der Waals surface area contributed by atoms with Crippen molar-refractivity contribution in [3.63, 3.8) is 0 Å². The lowest BCUT2D eigenvalue weighted by Gasteiger charge is -1.97. The van der Waals surface area contributed by atoms with Crippen LogP contribution in [0.4, 0.5) is 0 Å². The standard InChI is InChI=1S/C10H9NO3S/c11-9(12)8(15)5-6-1-3-7(4-2-6)10(13)14/h1-5,15H,(H2,11,12)(H,13,14)/b8-5-. The second kappa shape index (κ2) is 4.65. The molecule has 1 amide bonds. The number of carbonyl (C=O) groups is 2. The summed E-state index contributed by atoms with van der Waals surface area (Å²) in [7, 11) is 0. The topological polar surface area (TPSA) is 80.4 Å². The van der Waals surface area contributed by atoms with Crippen molar-refractivity contribution in [2.24, 2.45) is 5.73 Å². The molecule has 0 aliphatic carbocycles. The predicted octanol–water partition coefficient (Wildman–Crippen LogP) is 1.14. The van der Waals surface area contributed by atoms with Gasteiger partial charge in [-0.25, -0.2) is 4.79 Å².